The van der Waals surface area contributed by atoms with Gasteiger partial charge < -0.3 is 14.7 Å². The third kappa shape index (κ3) is 8.38. The van der Waals surface area contributed by atoms with Crippen LogP contribution in [0.5, 0.6) is 0 Å². The lowest BCUT2D eigenvalue weighted by Crippen LogP contribution is -2.17. The van der Waals surface area contributed by atoms with E-state index in [0.717, 1.165) is 0 Å². The zero-order chi connectivity index (χ0) is 12.8. The summed E-state index contributed by atoms with van der Waals surface area (Å²) in [6.45, 7) is 2.65. The summed E-state index contributed by atoms with van der Waals surface area (Å²) in [4.78, 5) is 26.1. The molecule has 0 heterocycles. The highest BCUT2D eigenvalue weighted by molar-refractivity contribution is 7.47. The fourth-order valence-corrected chi connectivity index (χ4v) is 2.15. The third-order valence-corrected chi connectivity index (χ3v) is 3.09. The Kier molecular flexibility index (Phi) is 6.93. The van der Waals surface area contributed by atoms with Gasteiger partial charge in [0.2, 0.25) is 0 Å². The molecular weight excluding hydrogens is 262 g/mol. The molecule has 0 aromatic heterocycles. The van der Waals surface area contributed by atoms with Crippen molar-refractivity contribution in [1.29, 1.82) is 0 Å². The molecule has 0 saturated carbocycles. The maximum absolute atomic E-state index is 11.1. The normalized spacial score (nSPS) is 18.1. The Morgan fingerprint density at radius 3 is 2.06 bits per heavy atom. The Labute approximate surface area is 93.4 Å². The Bertz CT molecular complexity index is 286. The molecule has 2 unspecified atom stereocenters. The van der Waals surface area contributed by atoms with Crippen LogP contribution in [-0.2, 0) is 22.7 Å². The zero-order valence-corrected chi connectivity index (χ0v) is 10.8. The molecule has 0 amide bonds. The van der Waals surface area contributed by atoms with Crippen molar-refractivity contribution in [2.45, 2.75) is 26.4 Å². The van der Waals surface area contributed by atoms with Crippen molar-refractivity contribution in [3.05, 3.63) is 0 Å². The number of phosphoric acid groups is 2. The average Bonchev–Trinajstić information content (AvgIpc) is 2.10. The van der Waals surface area contributed by atoms with Gasteiger partial charge in [0, 0.05) is 0 Å². The largest absolute Gasteiger partial charge is 0.472 e. The Balaban J connectivity index is 4.15. The Morgan fingerprint density at radius 2 is 1.69 bits per heavy atom. The fraction of sp³-hybridized carbons (Fsp3) is 1.00. The second-order valence-electron chi connectivity index (χ2n) is 2.81. The van der Waals surface area contributed by atoms with E-state index >= 15 is 0 Å². The molecule has 0 saturated heterocycles. The van der Waals surface area contributed by atoms with Gasteiger partial charge in [0.05, 0.1) is 19.3 Å². The maximum atomic E-state index is 11.1. The highest BCUT2D eigenvalue weighted by Crippen LogP contribution is 2.44. The number of hydrogen-bond acceptors (Lipinski definition) is 5. The minimum Gasteiger partial charge on any atom is -0.303 e. The van der Waals surface area contributed by atoms with Crippen molar-refractivity contribution >= 4 is 15.6 Å². The van der Waals surface area contributed by atoms with E-state index in [-0.39, 0.29) is 13.0 Å². The molecule has 0 radical (unpaired) electrons. The van der Waals surface area contributed by atoms with Crippen molar-refractivity contribution in [2.24, 2.45) is 0 Å². The molecule has 2 atom stereocenters. The number of hydrogen-bond donors (Lipinski definition) is 3. The van der Waals surface area contributed by atoms with Gasteiger partial charge in [0.15, 0.2) is 0 Å². The Morgan fingerprint density at radius 1 is 1.12 bits per heavy atom. The minimum atomic E-state index is -4.63. The van der Waals surface area contributed by atoms with Crippen LogP contribution in [0.25, 0.3) is 0 Å². The lowest BCUT2D eigenvalue weighted by molar-refractivity contribution is 0.0640. The van der Waals surface area contributed by atoms with Crippen molar-refractivity contribution in [2.75, 3.05) is 13.2 Å². The first-order chi connectivity index (χ1) is 7.20. The van der Waals surface area contributed by atoms with Gasteiger partial charge in [-0.05, 0) is 13.3 Å². The summed E-state index contributed by atoms with van der Waals surface area (Å²) >= 11 is 0. The van der Waals surface area contributed by atoms with E-state index in [1.54, 1.807) is 6.92 Å². The van der Waals surface area contributed by atoms with Crippen LogP contribution in [0.3, 0.4) is 0 Å². The smallest absolute Gasteiger partial charge is 0.303 e. The Hall–Kier alpha value is 0.220. The van der Waals surface area contributed by atoms with E-state index in [4.69, 9.17) is 14.7 Å². The maximum Gasteiger partial charge on any atom is 0.472 e. The summed E-state index contributed by atoms with van der Waals surface area (Å²) < 4.78 is 34.8. The summed E-state index contributed by atoms with van der Waals surface area (Å²) in [6, 6.07) is 0. The van der Waals surface area contributed by atoms with E-state index in [1.807, 2.05) is 0 Å². The van der Waals surface area contributed by atoms with E-state index in [1.165, 1.54) is 6.92 Å². The average molecular weight is 278 g/mol. The molecule has 0 aliphatic carbocycles. The lowest BCUT2D eigenvalue weighted by Gasteiger charge is -2.18. The molecule has 98 valence electrons. The third-order valence-electron chi connectivity index (χ3n) is 1.46. The topological polar surface area (TPSA) is 123 Å². The van der Waals surface area contributed by atoms with Crippen molar-refractivity contribution in [3.8, 4) is 0 Å². The molecule has 0 aromatic carbocycles. The van der Waals surface area contributed by atoms with Gasteiger partial charge in [-0.1, -0.05) is 6.92 Å². The standard InChI is InChI=1S/C6H16O8P2/c1-3-6(14-15(7,8)9)5-13-16(10,11)12-4-2/h6H,3-5H2,1-2H3,(H,10,11)(H2,7,8,9). The summed E-state index contributed by atoms with van der Waals surface area (Å²) in [7, 11) is -8.79. The highest BCUT2D eigenvalue weighted by atomic mass is 31.2. The second kappa shape index (κ2) is 6.83. The van der Waals surface area contributed by atoms with Gasteiger partial charge >= 0.3 is 15.6 Å². The summed E-state index contributed by atoms with van der Waals surface area (Å²) in [5.41, 5.74) is 0. The first kappa shape index (κ1) is 16.2. The molecule has 0 spiro atoms. The van der Waals surface area contributed by atoms with Crippen LogP contribution in [0.1, 0.15) is 20.3 Å². The number of phosphoric ester groups is 2. The predicted molar refractivity (Wildman–Crippen MR) is 54.6 cm³/mol. The van der Waals surface area contributed by atoms with Crippen LogP contribution < -0.4 is 0 Å². The van der Waals surface area contributed by atoms with Crippen molar-refractivity contribution in [3.63, 3.8) is 0 Å². The first-order valence-electron chi connectivity index (χ1n) is 4.56. The van der Waals surface area contributed by atoms with E-state index in [9.17, 15) is 9.13 Å². The SMILES string of the molecule is CCOP(=O)(O)OCC(CC)OP(=O)(O)O. The van der Waals surface area contributed by atoms with Crippen LogP contribution in [-0.4, -0.2) is 34.0 Å². The highest BCUT2D eigenvalue weighted by Gasteiger charge is 2.26. The molecule has 0 aliphatic rings. The van der Waals surface area contributed by atoms with Crippen molar-refractivity contribution in [1.82, 2.24) is 0 Å². The summed E-state index contributed by atoms with van der Waals surface area (Å²) in [5.74, 6) is 0. The first-order valence-corrected chi connectivity index (χ1v) is 7.58. The monoisotopic (exact) mass is 278 g/mol. The molecular formula is C6H16O8P2. The van der Waals surface area contributed by atoms with Crippen LogP contribution in [0, 0.1) is 0 Å². The molecule has 0 bridgehead atoms. The second-order valence-corrected chi connectivity index (χ2v) is 5.45. The quantitative estimate of drug-likeness (QED) is 0.562. The van der Waals surface area contributed by atoms with E-state index in [0.29, 0.717) is 0 Å². The summed E-state index contributed by atoms with van der Waals surface area (Å²) in [5, 5.41) is 0. The van der Waals surface area contributed by atoms with E-state index < -0.39 is 28.4 Å². The predicted octanol–water partition coefficient (Wildman–Crippen LogP) is 1.03. The van der Waals surface area contributed by atoms with Gasteiger partial charge in [-0.3, -0.25) is 13.6 Å². The molecule has 0 aliphatic heterocycles. The van der Waals surface area contributed by atoms with Gasteiger partial charge in [0.1, 0.15) is 0 Å². The van der Waals surface area contributed by atoms with Crippen LogP contribution in [0.15, 0.2) is 0 Å². The molecule has 10 heteroatoms. The number of rotatable bonds is 8. The van der Waals surface area contributed by atoms with Crippen LogP contribution in [0.4, 0.5) is 0 Å². The van der Waals surface area contributed by atoms with Gasteiger partial charge in [0.25, 0.3) is 0 Å². The van der Waals surface area contributed by atoms with Gasteiger partial charge in [-0.15, -0.1) is 0 Å². The molecule has 0 fully saturated rings. The van der Waals surface area contributed by atoms with Crippen LogP contribution in [0.2, 0.25) is 0 Å². The van der Waals surface area contributed by atoms with Gasteiger partial charge in [-0.25, -0.2) is 9.13 Å². The molecule has 0 rings (SSSR count). The molecule has 16 heavy (non-hydrogen) atoms. The zero-order valence-electron chi connectivity index (χ0n) is 8.98. The molecule has 3 N–H and O–H groups in total. The minimum absolute atomic E-state index is 0.0100. The molecule has 8 nitrogen and oxygen atoms in total. The fourth-order valence-electron chi connectivity index (χ4n) is 0.795. The van der Waals surface area contributed by atoms with Gasteiger partial charge in [-0.2, -0.15) is 0 Å². The van der Waals surface area contributed by atoms with Crippen molar-refractivity contribution < 1.29 is 37.4 Å². The lowest BCUT2D eigenvalue weighted by atomic mass is 10.3. The molecule has 0 aromatic rings. The summed E-state index contributed by atoms with van der Waals surface area (Å²) in [6.07, 6.45) is -0.751. The van der Waals surface area contributed by atoms with Crippen LogP contribution >= 0.6 is 15.6 Å². The van der Waals surface area contributed by atoms with E-state index in [2.05, 4.69) is 13.6 Å².